The second-order valence-electron chi connectivity index (χ2n) is 6.45. The van der Waals surface area contributed by atoms with Gasteiger partial charge in [0.25, 0.3) is 0 Å². The van der Waals surface area contributed by atoms with E-state index >= 15 is 0 Å². The Balaban J connectivity index is 1.85. The molecule has 0 radical (unpaired) electrons. The van der Waals surface area contributed by atoms with E-state index in [-0.39, 0.29) is 18.7 Å². The summed E-state index contributed by atoms with van der Waals surface area (Å²) < 4.78 is 0. The van der Waals surface area contributed by atoms with Crippen molar-refractivity contribution >= 4 is 24.5 Å². The number of carbonyl (C=O) groups is 2. The van der Waals surface area contributed by atoms with E-state index in [4.69, 9.17) is 5.11 Å². The van der Waals surface area contributed by atoms with Gasteiger partial charge in [-0.05, 0) is 30.9 Å². The van der Waals surface area contributed by atoms with Gasteiger partial charge in [-0.3, -0.25) is 9.59 Å². The number of amides is 1. The standard InChI is InChI=1S/C20H31NO3S/c22-19(14-15-20(23)24)21-16-10-6-4-2-1-3-5-7-11-17-12-8-9-13-18(17)25/h8-9,12-13,25H,1-7,10-11,14-16H2,(H,21,22)(H,23,24). The van der Waals surface area contributed by atoms with Crippen molar-refractivity contribution in [2.24, 2.45) is 0 Å². The lowest BCUT2D eigenvalue weighted by atomic mass is 10.0. The first kappa shape index (κ1) is 21.6. The molecule has 0 bridgehead atoms. The van der Waals surface area contributed by atoms with Gasteiger partial charge in [0.15, 0.2) is 0 Å². The minimum Gasteiger partial charge on any atom is -0.481 e. The molecule has 2 N–H and O–H groups in total. The van der Waals surface area contributed by atoms with Gasteiger partial charge in [-0.15, -0.1) is 12.6 Å². The van der Waals surface area contributed by atoms with Crippen molar-refractivity contribution in [1.29, 1.82) is 0 Å². The molecule has 0 heterocycles. The first-order valence-electron chi connectivity index (χ1n) is 9.35. The normalized spacial score (nSPS) is 10.6. The van der Waals surface area contributed by atoms with Crippen molar-refractivity contribution in [1.82, 2.24) is 5.32 Å². The summed E-state index contributed by atoms with van der Waals surface area (Å²) in [5.74, 6) is -1.09. The molecular formula is C20H31NO3S. The van der Waals surface area contributed by atoms with Gasteiger partial charge < -0.3 is 10.4 Å². The molecule has 0 spiro atoms. The Kier molecular flexibility index (Phi) is 11.9. The highest BCUT2D eigenvalue weighted by Gasteiger charge is 2.04. The summed E-state index contributed by atoms with van der Waals surface area (Å²) in [6.07, 6.45) is 10.7. The maximum atomic E-state index is 11.3. The molecular weight excluding hydrogens is 334 g/mol. The fourth-order valence-electron chi connectivity index (χ4n) is 2.76. The smallest absolute Gasteiger partial charge is 0.303 e. The molecule has 0 aliphatic carbocycles. The lowest BCUT2D eigenvalue weighted by molar-refractivity contribution is -0.138. The largest absolute Gasteiger partial charge is 0.481 e. The van der Waals surface area contributed by atoms with E-state index in [1.807, 2.05) is 12.1 Å². The Bertz CT molecular complexity index is 519. The summed E-state index contributed by atoms with van der Waals surface area (Å²) in [6, 6.07) is 8.30. The van der Waals surface area contributed by atoms with E-state index < -0.39 is 5.97 Å². The number of aliphatic carboxylic acids is 1. The number of hydrogen-bond donors (Lipinski definition) is 3. The predicted molar refractivity (Wildman–Crippen MR) is 104 cm³/mol. The van der Waals surface area contributed by atoms with E-state index in [0.717, 1.165) is 24.2 Å². The van der Waals surface area contributed by atoms with Crippen molar-refractivity contribution in [2.45, 2.75) is 75.5 Å². The number of carboxylic acid groups (broad SMARTS) is 1. The van der Waals surface area contributed by atoms with Crippen molar-refractivity contribution in [2.75, 3.05) is 6.54 Å². The molecule has 0 saturated heterocycles. The highest BCUT2D eigenvalue weighted by atomic mass is 32.1. The van der Waals surface area contributed by atoms with Crippen LogP contribution in [0.15, 0.2) is 29.2 Å². The lowest BCUT2D eigenvalue weighted by Crippen LogP contribution is -2.24. The maximum Gasteiger partial charge on any atom is 0.303 e. The first-order chi connectivity index (χ1) is 12.1. The van der Waals surface area contributed by atoms with Crippen LogP contribution in [0.4, 0.5) is 0 Å². The summed E-state index contributed by atoms with van der Waals surface area (Å²) >= 11 is 4.48. The van der Waals surface area contributed by atoms with Gasteiger partial charge in [0.1, 0.15) is 0 Å². The zero-order chi connectivity index (χ0) is 18.3. The first-order valence-corrected chi connectivity index (χ1v) is 9.79. The second-order valence-corrected chi connectivity index (χ2v) is 6.93. The number of nitrogens with one attached hydrogen (secondary N) is 1. The summed E-state index contributed by atoms with van der Waals surface area (Å²) in [5.41, 5.74) is 1.34. The van der Waals surface area contributed by atoms with Crippen LogP contribution < -0.4 is 5.32 Å². The monoisotopic (exact) mass is 365 g/mol. The molecule has 1 aromatic carbocycles. The Labute approximate surface area is 156 Å². The molecule has 0 aromatic heterocycles. The number of carboxylic acids is 1. The molecule has 0 saturated carbocycles. The van der Waals surface area contributed by atoms with E-state index in [1.165, 1.54) is 44.1 Å². The van der Waals surface area contributed by atoms with E-state index in [9.17, 15) is 9.59 Å². The fourth-order valence-corrected chi connectivity index (χ4v) is 3.03. The number of benzene rings is 1. The van der Waals surface area contributed by atoms with Crippen molar-refractivity contribution in [3.8, 4) is 0 Å². The van der Waals surface area contributed by atoms with Crippen LogP contribution in [0.3, 0.4) is 0 Å². The predicted octanol–water partition coefficient (Wildman–Crippen LogP) is 4.62. The van der Waals surface area contributed by atoms with Crippen LogP contribution in [0.5, 0.6) is 0 Å². The molecule has 4 nitrogen and oxygen atoms in total. The number of unbranched alkanes of at least 4 members (excludes halogenated alkanes) is 7. The molecule has 0 aliphatic heterocycles. The molecule has 0 aliphatic rings. The molecule has 5 heteroatoms. The van der Waals surface area contributed by atoms with Crippen LogP contribution in [0.25, 0.3) is 0 Å². The molecule has 1 rings (SSSR count). The van der Waals surface area contributed by atoms with Crippen molar-refractivity contribution in [3.05, 3.63) is 29.8 Å². The SMILES string of the molecule is O=C(O)CCC(=O)NCCCCCCCCCCc1ccccc1S. The molecule has 0 atom stereocenters. The molecule has 0 unspecified atom stereocenters. The zero-order valence-electron chi connectivity index (χ0n) is 15.0. The summed E-state index contributed by atoms with van der Waals surface area (Å²) in [7, 11) is 0. The lowest BCUT2D eigenvalue weighted by Gasteiger charge is -2.06. The summed E-state index contributed by atoms with van der Waals surface area (Å²) in [5, 5.41) is 11.3. The molecule has 140 valence electrons. The minimum atomic E-state index is -0.926. The number of aryl methyl sites for hydroxylation is 1. The van der Waals surface area contributed by atoms with Crippen molar-refractivity contribution in [3.63, 3.8) is 0 Å². The molecule has 0 fully saturated rings. The average Bonchev–Trinajstić information content (AvgIpc) is 2.59. The van der Waals surface area contributed by atoms with E-state index in [1.54, 1.807) is 0 Å². The topological polar surface area (TPSA) is 66.4 Å². The quantitative estimate of drug-likeness (QED) is 0.333. The Morgan fingerprint density at radius 3 is 2.12 bits per heavy atom. The van der Waals surface area contributed by atoms with Gasteiger partial charge in [-0.2, -0.15) is 0 Å². The van der Waals surface area contributed by atoms with Gasteiger partial charge in [0, 0.05) is 17.9 Å². The fraction of sp³-hybridized carbons (Fsp3) is 0.600. The second kappa shape index (κ2) is 13.8. The highest BCUT2D eigenvalue weighted by molar-refractivity contribution is 7.80. The van der Waals surface area contributed by atoms with Crippen LogP contribution in [0.2, 0.25) is 0 Å². The third-order valence-corrected chi connectivity index (χ3v) is 4.69. The summed E-state index contributed by atoms with van der Waals surface area (Å²) in [6.45, 7) is 0.654. The number of carbonyl (C=O) groups excluding carboxylic acids is 1. The Hall–Kier alpha value is -1.49. The molecule has 25 heavy (non-hydrogen) atoms. The van der Waals surface area contributed by atoms with Crippen LogP contribution in [-0.4, -0.2) is 23.5 Å². The maximum absolute atomic E-state index is 11.3. The average molecular weight is 366 g/mol. The van der Waals surface area contributed by atoms with Gasteiger partial charge in [0.2, 0.25) is 5.91 Å². The third kappa shape index (κ3) is 11.6. The van der Waals surface area contributed by atoms with Crippen LogP contribution in [-0.2, 0) is 16.0 Å². The highest BCUT2D eigenvalue weighted by Crippen LogP contribution is 2.16. The van der Waals surface area contributed by atoms with Crippen LogP contribution in [0, 0.1) is 0 Å². The number of thiol groups is 1. The number of hydrogen-bond acceptors (Lipinski definition) is 3. The minimum absolute atomic E-state index is 0.0764. The van der Waals surface area contributed by atoms with E-state index in [2.05, 4.69) is 30.1 Å². The Morgan fingerprint density at radius 1 is 0.880 bits per heavy atom. The number of rotatable bonds is 14. The molecule has 1 aromatic rings. The van der Waals surface area contributed by atoms with Crippen LogP contribution >= 0.6 is 12.6 Å². The van der Waals surface area contributed by atoms with Gasteiger partial charge in [-0.1, -0.05) is 56.7 Å². The molecule has 1 amide bonds. The van der Waals surface area contributed by atoms with Gasteiger partial charge in [-0.25, -0.2) is 0 Å². The Morgan fingerprint density at radius 2 is 1.48 bits per heavy atom. The van der Waals surface area contributed by atoms with Crippen LogP contribution in [0.1, 0.15) is 69.8 Å². The van der Waals surface area contributed by atoms with E-state index in [0.29, 0.717) is 6.54 Å². The van der Waals surface area contributed by atoms with Gasteiger partial charge >= 0.3 is 5.97 Å². The summed E-state index contributed by atoms with van der Waals surface area (Å²) in [4.78, 5) is 22.8. The third-order valence-electron chi connectivity index (χ3n) is 4.25. The van der Waals surface area contributed by atoms with Crippen molar-refractivity contribution < 1.29 is 14.7 Å². The zero-order valence-corrected chi connectivity index (χ0v) is 15.9. The van der Waals surface area contributed by atoms with Gasteiger partial charge in [0.05, 0.1) is 6.42 Å².